The molecule has 1 atom stereocenters. The Kier molecular flexibility index (Phi) is 5.44. The smallest absolute Gasteiger partial charge is 0.387 e. The molecule has 0 aliphatic rings. The minimum Gasteiger partial charge on any atom is -0.435 e. The second kappa shape index (κ2) is 7.94. The van der Waals surface area contributed by atoms with E-state index in [-0.39, 0.29) is 23.4 Å². The van der Waals surface area contributed by atoms with Crippen LogP contribution in [-0.4, -0.2) is 27.5 Å². The summed E-state index contributed by atoms with van der Waals surface area (Å²) in [5.74, 6) is -0.302. The average Bonchev–Trinajstić information content (AvgIpc) is 3.04. The van der Waals surface area contributed by atoms with Gasteiger partial charge in [-0.25, -0.2) is 0 Å². The van der Waals surface area contributed by atoms with E-state index in [0.717, 1.165) is 11.3 Å². The van der Waals surface area contributed by atoms with Crippen LogP contribution < -0.4 is 10.1 Å². The van der Waals surface area contributed by atoms with Crippen LogP contribution in [-0.2, 0) is 0 Å². The number of rotatable bonds is 6. The summed E-state index contributed by atoms with van der Waals surface area (Å²) in [6.45, 7) is 0.628. The minimum absolute atomic E-state index is 0.0638. The number of hydrogen-bond acceptors (Lipinski definition) is 4. The lowest BCUT2D eigenvalue weighted by molar-refractivity contribution is -0.0498. The number of amides is 1. The van der Waals surface area contributed by atoms with Gasteiger partial charge < -0.3 is 10.1 Å². The summed E-state index contributed by atoms with van der Waals surface area (Å²) in [5.41, 5.74) is 2.23. The Morgan fingerprint density at radius 1 is 1.07 bits per heavy atom. The molecule has 3 rings (SSSR count). The number of carbonyl (C=O) groups is 1. The molecule has 0 bridgehead atoms. The van der Waals surface area contributed by atoms with Crippen LogP contribution in [0.25, 0.3) is 5.69 Å². The van der Waals surface area contributed by atoms with E-state index >= 15 is 0 Å². The maximum absolute atomic E-state index is 12.6. The number of aromatic nitrogens is 3. The van der Waals surface area contributed by atoms with E-state index in [2.05, 4.69) is 20.3 Å². The molecule has 3 aromatic rings. The third-order valence-electron chi connectivity index (χ3n) is 3.94. The average molecular weight is 372 g/mol. The number of nitrogens with one attached hydrogen (secondary N) is 1. The second-order valence-corrected chi connectivity index (χ2v) is 5.90. The van der Waals surface area contributed by atoms with Gasteiger partial charge in [-0.3, -0.25) is 4.79 Å². The van der Waals surface area contributed by atoms with Gasteiger partial charge >= 0.3 is 6.61 Å². The monoisotopic (exact) mass is 372 g/mol. The van der Waals surface area contributed by atoms with Crippen LogP contribution in [0.2, 0.25) is 0 Å². The van der Waals surface area contributed by atoms with Crippen LogP contribution in [0.1, 0.15) is 34.7 Å². The number of hydrogen-bond donors (Lipinski definition) is 1. The highest BCUT2D eigenvalue weighted by atomic mass is 19.3. The lowest BCUT2D eigenvalue weighted by Crippen LogP contribution is -2.27. The summed E-state index contributed by atoms with van der Waals surface area (Å²) >= 11 is 0. The van der Waals surface area contributed by atoms with E-state index in [4.69, 9.17) is 0 Å². The van der Waals surface area contributed by atoms with Crippen LogP contribution in [0.3, 0.4) is 0 Å². The summed E-state index contributed by atoms with van der Waals surface area (Å²) in [4.78, 5) is 14.0. The fourth-order valence-electron chi connectivity index (χ4n) is 2.55. The summed E-state index contributed by atoms with van der Waals surface area (Å²) in [6.07, 6.45) is 0. The van der Waals surface area contributed by atoms with Crippen molar-refractivity contribution in [2.45, 2.75) is 26.5 Å². The summed E-state index contributed by atoms with van der Waals surface area (Å²) < 4.78 is 28.7. The molecule has 27 heavy (non-hydrogen) atoms. The van der Waals surface area contributed by atoms with Crippen LogP contribution in [0, 0.1) is 6.92 Å². The van der Waals surface area contributed by atoms with Crippen LogP contribution in [0.5, 0.6) is 5.75 Å². The first kappa shape index (κ1) is 18.5. The van der Waals surface area contributed by atoms with Gasteiger partial charge in [0.05, 0.1) is 17.4 Å². The third-order valence-corrected chi connectivity index (χ3v) is 3.94. The van der Waals surface area contributed by atoms with Crippen molar-refractivity contribution in [2.75, 3.05) is 0 Å². The van der Waals surface area contributed by atoms with Crippen molar-refractivity contribution in [3.05, 3.63) is 71.5 Å². The molecule has 0 aliphatic heterocycles. The highest BCUT2D eigenvalue weighted by molar-refractivity contribution is 5.93. The molecular formula is C19H18F2N4O2. The molecule has 0 spiro atoms. The molecule has 140 valence electrons. The highest BCUT2D eigenvalue weighted by Crippen LogP contribution is 2.19. The van der Waals surface area contributed by atoms with E-state index in [1.165, 1.54) is 16.9 Å². The van der Waals surface area contributed by atoms with E-state index in [9.17, 15) is 13.6 Å². The lowest BCUT2D eigenvalue weighted by atomic mass is 10.1. The van der Waals surface area contributed by atoms with Gasteiger partial charge in [0.1, 0.15) is 5.75 Å². The van der Waals surface area contributed by atoms with Crippen molar-refractivity contribution >= 4 is 5.91 Å². The molecule has 0 unspecified atom stereocenters. The molecule has 0 saturated carbocycles. The van der Waals surface area contributed by atoms with Crippen molar-refractivity contribution in [1.29, 1.82) is 0 Å². The Morgan fingerprint density at radius 3 is 2.37 bits per heavy atom. The number of alkyl halides is 2. The van der Waals surface area contributed by atoms with Crippen molar-refractivity contribution in [3.8, 4) is 11.4 Å². The van der Waals surface area contributed by atoms with Gasteiger partial charge in [0.25, 0.3) is 5.91 Å². The standard InChI is InChI=1S/C19H18F2N4O2/c1-12(14-8-10-16(11-9-14)27-19(20)21)22-18(26)17-13(2)23-25(24-17)15-6-4-3-5-7-15/h3-12,19H,1-2H3,(H,22,26)/t12-/m0/s1. The van der Waals surface area contributed by atoms with Gasteiger partial charge in [-0.05, 0) is 43.7 Å². The highest BCUT2D eigenvalue weighted by Gasteiger charge is 2.19. The predicted octanol–water partition coefficient (Wildman–Crippen LogP) is 3.67. The Labute approximate surface area is 154 Å². The number of nitrogens with zero attached hydrogens (tertiary/aromatic N) is 3. The van der Waals surface area contributed by atoms with Gasteiger partial charge in [-0.2, -0.15) is 18.7 Å². The molecule has 1 amide bonds. The largest absolute Gasteiger partial charge is 0.435 e. The molecule has 1 N–H and O–H groups in total. The Balaban J connectivity index is 1.70. The molecular weight excluding hydrogens is 354 g/mol. The normalized spacial score (nSPS) is 12.0. The summed E-state index contributed by atoms with van der Waals surface area (Å²) in [6, 6.07) is 15.0. The Hall–Kier alpha value is -3.29. The summed E-state index contributed by atoms with van der Waals surface area (Å²) in [5, 5.41) is 11.4. The minimum atomic E-state index is -2.87. The number of halogens is 2. The first-order valence-electron chi connectivity index (χ1n) is 8.29. The zero-order valence-corrected chi connectivity index (χ0v) is 14.8. The number of carbonyl (C=O) groups excluding carboxylic acids is 1. The zero-order chi connectivity index (χ0) is 19.4. The zero-order valence-electron chi connectivity index (χ0n) is 14.8. The van der Waals surface area contributed by atoms with Crippen molar-refractivity contribution in [2.24, 2.45) is 0 Å². The Morgan fingerprint density at radius 2 is 1.74 bits per heavy atom. The van der Waals surface area contributed by atoms with Gasteiger partial charge in [-0.1, -0.05) is 30.3 Å². The fraction of sp³-hybridized carbons (Fsp3) is 0.211. The predicted molar refractivity (Wildman–Crippen MR) is 95.1 cm³/mol. The van der Waals surface area contributed by atoms with Crippen LogP contribution >= 0.6 is 0 Å². The van der Waals surface area contributed by atoms with Crippen LogP contribution in [0.15, 0.2) is 54.6 Å². The number of benzene rings is 2. The molecule has 1 aromatic heterocycles. The molecule has 0 aliphatic carbocycles. The number of para-hydroxylation sites is 1. The SMILES string of the molecule is Cc1nn(-c2ccccc2)nc1C(=O)N[C@@H](C)c1ccc(OC(F)F)cc1. The molecule has 1 heterocycles. The quantitative estimate of drug-likeness (QED) is 0.717. The van der Waals surface area contributed by atoms with Gasteiger partial charge in [0, 0.05) is 0 Å². The fourth-order valence-corrected chi connectivity index (χ4v) is 2.55. The Bertz CT molecular complexity index is 911. The van der Waals surface area contributed by atoms with E-state index in [1.807, 2.05) is 30.3 Å². The number of ether oxygens (including phenoxy) is 1. The third kappa shape index (κ3) is 4.46. The maximum Gasteiger partial charge on any atom is 0.387 e. The first-order chi connectivity index (χ1) is 12.9. The van der Waals surface area contributed by atoms with Crippen molar-refractivity contribution in [1.82, 2.24) is 20.3 Å². The van der Waals surface area contributed by atoms with E-state index in [0.29, 0.717) is 5.69 Å². The molecule has 2 aromatic carbocycles. The van der Waals surface area contributed by atoms with E-state index < -0.39 is 6.61 Å². The molecule has 6 nitrogen and oxygen atoms in total. The first-order valence-corrected chi connectivity index (χ1v) is 8.29. The van der Waals surface area contributed by atoms with Crippen molar-refractivity contribution in [3.63, 3.8) is 0 Å². The number of aryl methyl sites for hydroxylation is 1. The molecule has 0 saturated heterocycles. The van der Waals surface area contributed by atoms with E-state index in [1.54, 1.807) is 26.0 Å². The maximum atomic E-state index is 12.6. The second-order valence-electron chi connectivity index (χ2n) is 5.90. The van der Waals surface area contributed by atoms with Gasteiger partial charge in [0.2, 0.25) is 0 Å². The summed E-state index contributed by atoms with van der Waals surface area (Å²) in [7, 11) is 0. The molecule has 0 radical (unpaired) electrons. The molecule has 0 fully saturated rings. The van der Waals surface area contributed by atoms with Crippen LogP contribution in [0.4, 0.5) is 8.78 Å². The van der Waals surface area contributed by atoms with Gasteiger partial charge in [0.15, 0.2) is 5.69 Å². The van der Waals surface area contributed by atoms with Crippen molar-refractivity contribution < 1.29 is 18.3 Å². The molecule has 8 heteroatoms. The topological polar surface area (TPSA) is 69.0 Å². The van der Waals surface area contributed by atoms with Gasteiger partial charge in [-0.15, -0.1) is 5.10 Å². The lowest BCUT2D eigenvalue weighted by Gasteiger charge is -2.14.